The zero-order valence-electron chi connectivity index (χ0n) is 9.29. The fourth-order valence-electron chi connectivity index (χ4n) is 1.93. The average molecular weight is 239 g/mol. The third kappa shape index (κ3) is 1.62. The number of aromatic amines is 1. The largest absolute Gasteiger partial charge is 0.477 e. The number of rotatable bonds is 2. The highest BCUT2D eigenvalue weighted by Gasteiger charge is 2.11. The van der Waals surface area contributed by atoms with Gasteiger partial charge in [0.1, 0.15) is 11.3 Å². The number of carboxylic acid groups (broad SMARTS) is 1. The molecule has 0 aliphatic heterocycles. The van der Waals surface area contributed by atoms with Gasteiger partial charge in [0.25, 0.3) is 0 Å². The van der Waals surface area contributed by atoms with Gasteiger partial charge in [-0.1, -0.05) is 0 Å². The number of carboxylic acids is 1. The van der Waals surface area contributed by atoms with E-state index in [0.29, 0.717) is 5.65 Å². The van der Waals surface area contributed by atoms with E-state index in [1.165, 1.54) is 0 Å². The number of nitrogens with one attached hydrogen (secondary N) is 1. The van der Waals surface area contributed by atoms with Gasteiger partial charge in [-0.15, -0.1) is 0 Å². The van der Waals surface area contributed by atoms with Crippen LogP contribution in [0.4, 0.5) is 0 Å². The van der Waals surface area contributed by atoms with Crippen molar-refractivity contribution in [2.24, 2.45) is 0 Å². The highest BCUT2D eigenvalue weighted by molar-refractivity contribution is 5.99. The summed E-state index contributed by atoms with van der Waals surface area (Å²) in [6.07, 6.45) is 5.05. The summed E-state index contributed by atoms with van der Waals surface area (Å²) < 4.78 is 0. The fourth-order valence-corrected chi connectivity index (χ4v) is 1.93. The molecule has 3 aromatic heterocycles. The predicted octanol–water partition coefficient (Wildman–Crippen LogP) is 2.32. The number of aromatic carboxylic acids is 1. The van der Waals surface area contributed by atoms with E-state index >= 15 is 0 Å². The van der Waals surface area contributed by atoms with Gasteiger partial charge in [0, 0.05) is 24.0 Å². The summed E-state index contributed by atoms with van der Waals surface area (Å²) in [6, 6.07) is 7.21. The second-order valence-corrected chi connectivity index (χ2v) is 3.84. The fraction of sp³-hybridized carbons (Fsp3) is 0. The Kier molecular flexibility index (Phi) is 2.30. The van der Waals surface area contributed by atoms with E-state index in [4.69, 9.17) is 5.11 Å². The SMILES string of the molecule is O=C(O)c1cc2c(-c3ccncc3)ccnc2[nH]1. The number of nitrogens with zero attached hydrogens (tertiary/aromatic N) is 2. The van der Waals surface area contributed by atoms with E-state index in [0.717, 1.165) is 16.5 Å². The molecular formula is C13H9N3O2. The van der Waals surface area contributed by atoms with Crippen molar-refractivity contribution in [2.45, 2.75) is 0 Å². The standard InChI is InChI=1S/C13H9N3O2/c17-13(18)11-7-10-9(3-6-15-12(10)16-11)8-1-4-14-5-2-8/h1-7H,(H,15,16)(H,17,18). The molecule has 0 radical (unpaired) electrons. The Hall–Kier alpha value is -2.69. The monoisotopic (exact) mass is 239 g/mol. The maximum Gasteiger partial charge on any atom is 0.352 e. The van der Waals surface area contributed by atoms with Crippen LogP contribution in [-0.2, 0) is 0 Å². The number of hydrogen-bond acceptors (Lipinski definition) is 3. The Morgan fingerprint density at radius 3 is 2.67 bits per heavy atom. The van der Waals surface area contributed by atoms with E-state index < -0.39 is 5.97 Å². The van der Waals surface area contributed by atoms with E-state index in [2.05, 4.69) is 15.0 Å². The van der Waals surface area contributed by atoms with Gasteiger partial charge < -0.3 is 10.1 Å². The second kappa shape index (κ2) is 3.96. The molecule has 18 heavy (non-hydrogen) atoms. The average Bonchev–Trinajstić information content (AvgIpc) is 2.83. The Bertz CT molecular complexity index is 719. The molecule has 0 aromatic carbocycles. The van der Waals surface area contributed by atoms with Crippen LogP contribution in [-0.4, -0.2) is 26.0 Å². The van der Waals surface area contributed by atoms with Crippen LogP contribution in [0.25, 0.3) is 22.2 Å². The van der Waals surface area contributed by atoms with Crippen molar-refractivity contribution in [1.82, 2.24) is 15.0 Å². The van der Waals surface area contributed by atoms with Gasteiger partial charge in [-0.2, -0.15) is 0 Å². The Morgan fingerprint density at radius 2 is 1.94 bits per heavy atom. The summed E-state index contributed by atoms with van der Waals surface area (Å²) in [5.41, 5.74) is 2.63. The summed E-state index contributed by atoms with van der Waals surface area (Å²) >= 11 is 0. The first-order chi connectivity index (χ1) is 8.75. The molecule has 0 aliphatic rings. The van der Waals surface area contributed by atoms with Gasteiger partial charge in [-0.05, 0) is 35.4 Å². The highest BCUT2D eigenvalue weighted by Crippen LogP contribution is 2.27. The highest BCUT2D eigenvalue weighted by atomic mass is 16.4. The molecule has 5 heteroatoms. The van der Waals surface area contributed by atoms with Gasteiger partial charge in [0.05, 0.1) is 0 Å². The Labute approximate surface area is 102 Å². The summed E-state index contributed by atoms with van der Waals surface area (Å²) in [5, 5.41) is 9.77. The normalized spacial score (nSPS) is 10.7. The maximum atomic E-state index is 10.9. The minimum Gasteiger partial charge on any atom is -0.477 e. The topological polar surface area (TPSA) is 78.9 Å². The molecular weight excluding hydrogens is 230 g/mol. The molecule has 0 bridgehead atoms. The number of H-pyrrole nitrogens is 1. The van der Waals surface area contributed by atoms with Gasteiger partial charge in [-0.3, -0.25) is 4.98 Å². The van der Waals surface area contributed by atoms with Crippen LogP contribution in [0.3, 0.4) is 0 Å². The lowest BCUT2D eigenvalue weighted by molar-refractivity contribution is 0.0691. The minimum absolute atomic E-state index is 0.138. The zero-order valence-corrected chi connectivity index (χ0v) is 9.29. The van der Waals surface area contributed by atoms with Crippen molar-refractivity contribution in [3.05, 3.63) is 48.5 Å². The minimum atomic E-state index is -0.992. The second-order valence-electron chi connectivity index (χ2n) is 3.84. The number of fused-ring (bicyclic) bond motifs is 1. The van der Waals surface area contributed by atoms with E-state index in [-0.39, 0.29) is 5.69 Å². The lowest BCUT2D eigenvalue weighted by atomic mass is 10.1. The predicted molar refractivity (Wildman–Crippen MR) is 66.3 cm³/mol. The summed E-state index contributed by atoms with van der Waals surface area (Å²) in [7, 11) is 0. The quantitative estimate of drug-likeness (QED) is 0.719. The lowest BCUT2D eigenvalue weighted by Gasteiger charge is -2.01. The van der Waals surface area contributed by atoms with Crippen LogP contribution in [0.5, 0.6) is 0 Å². The Morgan fingerprint density at radius 1 is 1.17 bits per heavy atom. The van der Waals surface area contributed by atoms with Crippen LogP contribution in [0.15, 0.2) is 42.9 Å². The zero-order chi connectivity index (χ0) is 12.5. The molecule has 0 saturated carbocycles. The number of carbonyl (C=O) groups is 1. The molecule has 0 unspecified atom stereocenters. The van der Waals surface area contributed by atoms with Crippen molar-refractivity contribution in [2.75, 3.05) is 0 Å². The van der Waals surface area contributed by atoms with Crippen molar-refractivity contribution in [3.8, 4) is 11.1 Å². The third-order valence-electron chi connectivity index (χ3n) is 2.75. The lowest BCUT2D eigenvalue weighted by Crippen LogP contribution is -1.94. The first-order valence-corrected chi connectivity index (χ1v) is 5.37. The first-order valence-electron chi connectivity index (χ1n) is 5.37. The summed E-state index contributed by atoms with van der Waals surface area (Å²) in [4.78, 5) is 21.8. The van der Waals surface area contributed by atoms with Crippen molar-refractivity contribution < 1.29 is 9.90 Å². The Balaban J connectivity index is 2.27. The van der Waals surface area contributed by atoms with Gasteiger partial charge >= 0.3 is 5.97 Å². The van der Waals surface area contributed by atoms with Crippen LogP contribution in [0, 0.1) is 0 Å². The smallest absolute Gasteiger partial charge is 0.352 e. The number of hydrogen-bond donors (Lipinski definition) is 2. The molecule has 88 valence electrons. The molecule has 0 amide bonds. The van der Waals surface area contributed by atoms with Crippen molar-refractivity contribution >= 4 is 17.0 Å². The van der Waals surface area contributed by atoms with Gasteiger partial charge in [0.15, 0.2) is 0 Å². The molecule has 5 nitrogen and oxygen atoms in total. The van der Waals surface area contributed by atoms with Crippen LogP contribution in [0.1, 0.15) is 10.5 Å². The number of pyridine rings is 2. The molecule has 0 spiro atoms. The molecule has 0 atom stereocenters. The molecule has 3 rings (SSSR count). The molecule has 0 aliphatic carbocycles. The van der Waals surface area contributed by atoms with Crippen LogP contribution < -0.4 is 0 Å². The molecule has 3 heterocycles. The van der Waals surface area contributed by atoms with Crippen LogP contribution in [0.2, 0.25) is 0 Å². The van der Waals surface area contributed by atoms with E-state index in [1.54, 1.807) is 24.7 Å². The van der Waals surface area contributed by atoms with E-state index in [1.807, 2.05) is 18.2 Å². The summed E-state index contributed by atoms with van der Waals surface area (Å²) in [5.74, 6) is -0.992. The summed E-state index contributed by atoms with van der Waals surface area (Å²) in [6.45, 7) is 0. The molecule has 0 saturated heterocycles. The molecule has 2 N–H and O–H groups in total. The maximum absolute atomic E-state index is 10.9. The molecule has 3 aromatic rings. The van der Waals surface area contributed by atoms with Gasteiger partial charge in [0.2, 0.25) is 0 Å². The number of aromatic nitrogens is 3. The van der Waals surface area contributed by atoms with Crippen molar-refractivity contribution in [3.63, 3.8) is 0 Å². The van der Waals surface area contributed by atoms with Crippen molar-refractivity contribution in [1.29, 1.82) is 0 Å². The molecule has 0 fully saturated rings. The van der Waals surface area contributed by atoms with E-state index in [9.17, 15) is 4.79 Å². The first kappa shape index (κ1) is 10.5. The van der Waals surface area contributed by atoms with Crippen LogP contribution >= 0.6 is 0 Å². The van der Waals surface area contributed by atoms with Gasteiger partial charge in [-0.25, -0.2) is 9.78 Å². The third-order valence-corrected chi connectivity index (χ3v) is 2.75.